The number of nitrogens with zero attached hydrogens (tertiary/aromatic N) is 1. The third-order valence-electron chi connectivity index (χ3n) is 5.01. The lowest BCUT2D eigenvalue weighted by molar-refractivity contribution is -0.291. The first-order chi connectivity index (χ1) is 14.4. The molecule has 2 N–H and O–H groups in total. The number of rotatable bonds is 7. The number of amides is 1. The van der Waals surface area contributed by atoms with E-state index in [-0.39, 0.29) is 29.5 Å². The molecule has 1 fully saturated rings. The summed E-state index contributed by atoms with van der Waals surface area (Å²) in [6, 6.07) is 14.5. The first kappa shape index (κ1) is 22.2. The van der Waals surface area contributed by atoms with E-state index in [1.807, 2.05) is 30.3 Å². The lowest BCUT2D eigenvalue weighted by atomic mass is 10.1. The van der Waals surface area contributed by atoms with Crippen LogP contribution in [0.5, 0.6) is 5.75 Å². The lowest BCUT2D eigenvalue weighted by Crippen LogP contribution is -2.60. The van der Waals surface area contributed by atoms with Gasteiger partial charge in [-0.25, -0.2) is 13.9 Å². The molecule has 0 aliphatic carbocycles. The van der Waals surface area contributed by atoms with Crippen LogP contribution in [0.2, 0.25) is 0 Å². The molecule has 1 amide bonds. The van der Waals surface area contributed by atoms with Crippen LogP contribution in [0.25, 0.3) is 0 Å². The van der Waals surface area contributed by atoms with Crippen LogP contribution in [0.1, 0.15) is 23.2 Å². The zero-order chi connectivity index (χ0) is 21.8. The van der Waals surface area contributed by atoms with E-state index in [1.165, 1.54) is 44.0 Å². The Balaban J connectivity index is 1.85. The smallest absolute Gasteiger partial charge is 0.274 e. The van der Waals surface area contributed by atoms with Crippen molar-refractivity contribution in [1.29, 1.82) is 0 Å². The second-order valence-corrected chi connectivity index (χ2v) is 8.57. The van der Waals surface area contributed by atoms with E-state index in [0.717, 1.165) is 4.31 Å². The monoisotopic (exact) mass is 436 g/mol. The van der Waals surface area contributed by atoms with Crippen molar-refractivity contribution >= 4 is 15.9 Å². The number of hydrogen-bond donors (Lipinski definition) is 2. The normalized spacial score (nSPS) is 19.2. The van der Waals surface area contributed by atoms with E-state index >= 15 is 0 Å². The number of para-hydroxylation sites is 1. The number of sulfonamides is 1. The highest BCUT2D eigenvalue weighted by atomic mass is 32.2. The van der Waals surface area contributed by atoms with Crippen LogP contribution in [0, 0.1) is 0 Å². The molecule has 0 bridgehead atoms. The molecular formula is C20H24N2O7S. The van der Waals surface area contributed by atoms with Crippen molar-refractivity contribution in [2.45, 2.75) is 29.8 Å². The number of carbonyl (C=O) groups excluding carboxylic acids is 1. The Labute approximate surface area is 175 Å². The number of methoxy groups -OCH3 is 2. The fourth-order valence-electron chi connectivity index (χ4n) is 3.44. The van der Waals surface area contributed by atoms with Gasteiger partial charge in [0.1, 0.15) is 11.9 Å². The van der Waals surface area contributed by atoms with Gasteiger partial charge in [-0.2, -0.15) is 0 Å². The van der Waals surface area contributed by atoms with Gasteiger partial charge in [0.05, 0.1) is 11.3 Å². The van der Waals surface area contributed by atoms with Crippen molar-refractivity contribution < 1.29 is 32.6 Å². The quantitative estimate of drug-likeness (QED) is 0.387. The molecule has 1 heterocycles. The molecule has 9 nitrogen and oxygen atoms in total. The highest BCUT2D eigenvalue weighted by molar-refractivity contribution is 7.89. The van der Waals surface area contributed by atoms with Gasteiger partial charge >= 0.3 is 0 Å². The third kappa shape index (κ3) is 4.32. The van der Waals surface area contributed by atoms with Gasteiger partial charge < -0.3 is 14.2 Å². The van der Waals surface area contributed by atoms with Gasteiger partial charge in [-0.05, 0) is 42.8 Å². The lowest BCUT2D eigenvalue weighted by Gasteiger charge is -2.45. The minimum Gasteiger partial charge on any atom is -0.490 e. The summed E-state index contributed by atoms with van der Waals surface area (Å²) >= 11 is 0. The second kappa shape index (κ2) is 9.11. The zero-order valence-electron chi connectivity index (χ0n) is 16.6. The first-order valence-electron chi connectivity index (χ1n) is 9.25. The molecule has 1 atom stereocenters. The topological polar surface area (TPSA) is 114 Å². The van der Waals surface area contributed by atoms with Crippen molar-refractivity contribution in [3.63, 3.8) is 0 Å². The third-order valence-corrected chi connectivity index (χ3v) is 6.92. The predicted molar refractivity (Wildman–Crippen MR) is 106 cm³/mol. The molecule has 1 aliphatic heterocycles. The minimum absolute atomic E-state index is 0.0297. The number of ether oxygens (including phenoxy) is 3. The first-order valence-corrected chi connectivity index (χ1v) is 10.7. The number of nitrogens with one attached hydrogen (secondary N) is 1. The van der Waals surface area contributed by atoms with Gasteiger partial charge in [0, 0.05) is 26.3 Å². The number of benzene rings is 2. The number of hydroxylamine groups is 1. The van der Waals surface area contributed by atoms with E-state index in [1.54, 1.807) is 0 Å². The van der Waals surface area contributed by atoms with E-state index < -0.39 is 21.8 Å². The fourth-order valence-corrected chi connectivity index (χ4v) is 5.11. The van der Waals surface area contributed by atoms with Gasteiger partial charge in [-0.1, -0.05) is 18.2 Å². The molecule has 0 saturated carbocycles. The molecule has 30 heavy (non-hydrogen) atoms. The van der Waals surface area contributed by atoms with Gasteiger partial charge in [0.15, 0.2) is 0 Å². The van der Waals surface area contributed by atoms with Gasteiger partial charge in [0.25, 0.3) is 5.91 Å². The van der Waals surface area contributed by atoms with Crippen molar-refractivity contribution in [3.8, 4) is 5.75 Å². The summed E-state index contributed by atoms with van der Waals surface area (Å²) in [6.45, 7) is 0.111. The maximum atomic E-state index is 13.3. The maximum Gasteiger partial charge on any atom is 0.274 e. The average molecular weight is 436 g/mol. The molecule has 1 saturated heterocycles. The largest absolute Gasteiger partial charge is 0.490 e. The summed E-state index contributed by atoms with van der Waals surface area (Å²) in [5.41, 5.74) is 1.63. The SMILES string of the molecule is COC1(OC)CC(Oc2ccccc2)CCN1S(=O)(=O)c1ccc(C(=O)NO)cc1. The number of hydrogen-bond acceptors (Lipinski definition) is 7. The average Bonchev–Trinajstić information content (AvgIpc) is 2.79. The van der Waals surface area contributed by atoms with Gasteiger partial charge in [0.2, 0.25) is 15.9 Å². The highest BCUT2D eigenvalue weighted by Crippen LogP contribution is 2.36. The van der Waals surface area contributed by atoms with Crippen LogP contribution >= 0.6 is 0 Å². The van der Waals surface area contributed by atoms with E-state index in [4.69, 9.17) is 19.4 Å². The summed E-state index contributed by atoms with van der Waals surface area (Å²) in [7, 11) is -1.24. The van der Waals surface area contributed by atoms with Crippen LogP contribution in [0.3, 0.4) is 0 Å². The van der Waals surface area contributed by atoms with Crippen molar-refractivity contribution in [2.24, 2.45) is 0 Å². The van der Waals surface area contributed by atoms with E-state index in [9.17, 15) is 13.2 Å². The summed E-state index contributed by atoms with van der Waals surface area (Å²) < 4.78 is 44.9. The Morgan fingerprint density at radius 2 is 1.73 bits per heavy atom. The van der Waals surface area contributed by atoms with Crippen LogP contribution in [0.15, 0.2) is 59.5 Å². The van der Waals surface area contributed by atoms with Gasteiger partial charge in [-0.15, -0.1) is 4.31 Å². The minimum atomic E-state index is -4.01. The molecule has 0 aromatic heterocycles. The van der Waals surface area contributed by atoms with Crippen LogP contribution in [0.4, 0.5) is 0 Å². The number of piperidine rings is 1. The molecule has 1 aliphatic rings. The van der Waals surface area contributed by atoms with Crippen molar-refractivity contribution in [1.82, 2.24) is 9.79 Å². The summed E-state index contributed by atoms with van der Waals surface area (Å²) in [6.07, 6.45) is 0.293. The molecule has 2 aromatic carbocycles. The Bertz CT molecular complexity index is 960. The van der Waals surface area contributed by atoms with Crippen LogP contribution < -0.4 is 10.2 Å². The predicted octanol–water partition coefficient (Wildman–Crippen LogP) is 1.98. The van der Waals surface area contributed by atoms with Gasteiger partial charge in [-0.3, -0.25) is 10.0 Å². The summed E-state index contributed by atoms with van der Waals surface area (Å²) in [4.78, 5) is 11.5. The van der Waals surface area contributed by atoms with E-state index in [2.05, 4.69) is 0 Å². The molecule has 162 valence electrons. The molecular weight excluding hydrogens is 412 g/mol. The molecule has 3 rings (SSSR count). The molecule has 0 spiro atoms. The molecule has 2 aromatic rings. The molecule has 0 radical (unpaired) electrons. The van der Waals surface area contributed by atoms with E-state index in [0.29, 0.717) is 12.2 Å². The molecule has 10 heteroatoms. The zero-order valence-corrected chi connectivity index (χ0v) is 17.5. The summed E-state index contributed by atoms with van der Waals surface area (Å²) in [5, 5.41) is 8.71. The number of carbonyl (C=O) groups is 1. The maximum absolute atomic E-state index is 13.3. The van der Waals surface area contributed by atoms with Crippen molar-refractivity contribution in [3.05, 3.63) is 60.2 Å². The molecule has 1 unspecified atom stereocenters. The van der Waals surface area contributed by atoms with Crippen LogP contribution in [-0.4, -0.2) is 56.6 Å². The standard InChI is InChI=1S/C20H24N2O7S/c1-27-20(28-2)14-17(29-16-6-4-3-5-7-16)12-13-22(20)30(25,26)18-10-8-15(9-11-18)19(23)21-24/h3-11,17,24H,12-14H2,1-2H3,(H,21,23). The van der Waals surface area contributed by atoms with Crippen LogP contribution in [-0.2, 0) is 19.5 Å². The fraction of sp³-hybridized carbons (Fsp3) is 0.350. The Kier molecular flexibility index (Phi) is 6.74. The van der Waals surface area contributed by atoms with Crippen molar-refractivity contribution in [2.75, 3.05) is 20.8 Å². The Morgan fingerprint density at radius 3 is 2.30 bits per heavy atom. The summed E-state index contributed by atoms with van der Waals surface area (Å²) in [5.74, 6) is -1.60. The Morgan fingerprint density at radius 1 is 1.10 bits per heavy atom. The Hall–Kier alpha value is -2.50. The highest BCUT2D eigenvalue weighted by Gasteiger charge is 2.50. The second-order valence-electron chi connectivity index (χ2n) is 6.71.